The maximum Gasteiger partial charge on any atom is 0.123 e. The molecule has 0 amide bonds. The fourth-order valence-corrected chi connectivity index (χ4v) is 2.13. The third-order valence-corrected chi connectivity index (χ3v) is 4.21. The van der Waals surface area contributed by atoms with E-state index in [0.717, 1.165) is 24.2 Å². The zero-order valence-corrected chi connectivity index (χ0v) is 12.8. The molecule has 17 heavy (non-hydrogen) atoms. The number of hydrogen-bond donors (Lipinski definition) is 0. The van der Waals surface area contributed by atoms with E-state index < -0.39 is 0 Å². The van der Waals surface area contributed by atoms with Crippen molar-refractivity contribution >= 4 is 15.9 Å². The van der Waals surface area contributed by atoms with Gasteiger partial charge < -0.3 is 9.64 Å². The molecule has 0 atom stereocenters. The van der Waals surface area contributed by atoms with Crippen LogP contribution in [0.1, 0.15) is 19.4 Å². The van der Waals surface area contributed by atoms with Crippen molar-refractivity contribution in [3.8, 4) is 5.75 Å². The summed E-state index contributed by atoms with van der Waals surface area (Å²) in [6.07, 6.45) is 0. The Morgan fingerprint density at radius 2 is 1.94 bits per heavy atom. The SMILES string of the molecule is COc1ccccc1CN(C)CC(C)(C)CBr. The van der Waals surface area contributed by atoms with Crippen LogP contribution in [0.4, 0.5) is 0 Å². The largest absolute Gasteiger partial charge is 0.496 e. The number of methoxy groups -OCH3 is 1. The molecule has 0 aliphatic rings. The number of benzene rings is 1. The number of nitrogens with zero attached hydrogens (tertiary/aromatic N) is 1. The number of hydrogen-bond acceptors (Lipinski definition) is 2. The van der Waals surface area contributed by atoms with Gasteiger partial charge in [-0.15, -0.1) is 0 Å². The standard InChI is InChI=1S/C14H22BrNO/c1-14(2,10-15)11-16(3)9-12-7-5-6-8-13(12)17-4/h5-8H,9-11H2,1-4H3. The van der Waals surface area contributed by atoms with Crippen molar-refractivity contribution in [1.29, 1.82) is 0 Å². The van der Waals surface area contributed by atoms with Crippen molar-refractivity contribution in [1.82, 2.24) is 4.90 Å². The average Bonchev–Trinajstić information content (AvgIpc) is 2.29. The van der Waals surface area contributed by atoms with Crippen molar-refractivity contribution in [3.63, 3.8) is 0 Å². The average molecular weight is 300 g/mol. The first-order valence-corrected chi connectivity index (χ1v) is 6.97. The van der Waals surface area contributed by atoms with Crippen molar-refractivity contribution in [2.45, 2.75) is 20.4 Å². The van der Waals surface area contributed by atoms with Crippen molar-refractivity contribution in [3.05, 3.63) is 29.8 Å². The second-order valence-corrected chi connectivity index (χ2v) is 5.84. The van der Waals surface area contributed by atoms with Crippen LogP contribution in [0, 0.1) is 5.41 Å². The highest BCUT2D eigenvalue weighted by Gasteiger charge is 2.19. The summed E-state index contributed by atoms with van der Waals surface area (Å²) in [4.78, 5) is 2.33. The molecule has 0 unspecified atom stereocenters. The summed E-state index contributed by atoms with van der Waals surface area (Å²) < 4.78 is 5.37. The maximum absolute atomic E-state index is 5.37. The highest BCUT2D eigenvalue weighted by molar-refractivity contribution is 9.09. The van der Waals surface area contributed by atoms with Crippen LogP contribution in [-0.2, 0) is 6.54 Å². The van der Waals surface area contributed by atoms with Crippen LogP contribution in [0.2, 0.25) is 0 Å². The van der Waals surface area contributed by atoms with Gasteiger partial charge in [0.25, 0.3) is 0 Å². The summed E-state index contributed by atoms with van der Waals surface area (Å²) in [5, 5.41) is 1.01. The first kappa shape index (κ1) is 14.5. The number of rotatable bonds is 6. The van der Waals surface area contributed by atoms with Gasteiger partial charge in [0, 0.05) is 24.0 Å². The molecule has 0 saturated heterocycles. The second kappa shape index (κ2) is 6.41. The molecular weight excluding hydrogens is 278 g/mol. The molecule has 2 nitrogen and oxygen atoms in total. The van der Waals surface area contributed by atoms with Crippen molar-refractivity contribution in [2.24, 2.45) is 5.41 Å². The van der Waals surface area contributed by atoms with E-state index in [4.69, 9.17) is 4.74 Å². The highest BCUT2D eigenvalue weighted by Crippen LogP contribution is 2.23. The molecule has 3 heteroatoms. The van der Waals surface area contributed by atoms with Crippen LogP contribution >= 0.6 is 15.9 Å². The van der Waals surface area contributed by atoms with E-state index in [0.29, 0.717) is 0 Å². The summed E-state index contributed by atoms with van der Waals surface area (Å²) in [5.41, 5.74) is 1.53. The van der Waals surface area contributed by atoms with Gasteiger partial charge in [-0.3, -0.25) is 0 Å². The zero-order valence-electron chi connectivity index (χ0n) is 11.2. The maximum atomic E-state index is 5.37. The summed E-state index contributed by atoms with van der Waals surface area (Å²) in [7, 11) is 3.87. The summed E-state index contributed by atoms with van der Waals surface area (Å²) in [5.74, 6) is 0.969. The summed E-state index contributed by atoms with van der Waals surface area (Å²) in [6.45, 7) is 6.50. The van der Waals surface area contributed by atoms with Crippen molar-refractivity contribution < 1.29 is 4.74 Å². The molecule has 1 aromatic carbocycles. The molecule has 0 bridgehead atoms. The molecule has 0 fully saturated rings. The zero-order chi connectivity index (χ0) is 12.9. The quantitative estimate of drug-likeness (QED) is 0.745. The Labute approximate surface area is 113 Å². The normalized spacial score (nSPS) is 11.9. The third kappa shape index (κ3) is 4.68. The molecule has 0 aromatic heterocycles. The van der Waals surface area contributed by atoms with Gasteiger partial charge >= 0.3 is 0 Å². The van der Waals surface area contributed by atoms with Crippen LogP contribution < -0.4 is 4.74 Å². The Morgan fingerprint density at radius 3 is 2.53 bits per heavy atom. The molecule has 0 radical (unpaired) electrons. The van der Waals surface area contributed by atoms with Crippen LogP contribution in [-0.4, -0.2) is 30.9 Å². The van der Waals surface area contributed by atoms with Gasteiger partial charge in [0.05, 0.1) is 7.11 Å². The summed E-state index contributed by atoms with van der Waals surface area (Å²) in [6, 6.07) is 8.20. The van der Waals surface area contributed by atoms with Crippen molar-refractivity contribution in [2.75, 3.05) is 26.0 Å². The van der Waals surface area contributed by atoms with E-state index in [1.54, 1.807) is 7.11 Å². The van der Waals surface area contributed by atoms with Crippen LogP contribution in [0.25, 0.3) is 0 Å². The lowest BCUT2D eigenvalue weighted by Crippen LogP contribution is -2.32. The van der Waals surface area contributed by atoms with E-state index in [1.165, 1.54) is 5.56 Å². The van der Waals surface area contributed by atoms with E-state index in [9.17, 15) is 0 Å². The second-order valence-electron chi connectivity index (χ2n) is 5.28. The van der Waals surface area contributed by atoms with Gasteiger partial charge in [-0.2, -0.15) is 0 Å². The first-order valence-electron chi connectivity index (χ1n) is 5.85. The third-order valence-electron chi connectivity index (χ3n) is 2.69. The minimum Gasteiger partial charge on any atom is -0.496 e. The highest BCUT2D eigenvalue weighted by atomic mass is 79.9. The van der Waals surface area contributed by atoms with E-state index in [1.807, 2.05) is 12.1 Å². The van der Waals surface area contributed by atoms with Gasteiger partial charge in [0.2, 0.25) is 0 Å². The molecule has 0 heterocycles. The Morgan fingerprint density at radius 1 is 1.29 bits per heavy atom. The van der Waals surface area contributed by atoms with Crippen LogP contribution in [0.3, 0.4) is 0 Å². The summed E-state index contributed by atoms with van der Waals surface area (Å²) >= 11 is 3.56. The number of para-hydroxylation sites is 1. The molecular formula is C14H22BrNO. The molecule has 0 saturated carbocycles. The van der Waals surface area contributed by atoms with Gasteiger partial charge in [-0.25, -0.2) is 0 Å². The lowest BCUT2D eigenvalue weighted by molar-refractivity contribution is 0.223. The Hall–Kier alpha value is -0.540. The smallest absolute Gasteiger partial charge is 0.123 e. The van der Waals surface area contributed by atoms with Crippen LogP contribution in [0.15, 0.2) is 24.3 Å². The monoisotopic (exact) mass is 299 g/mol. The van der Waals surface area contributed by atoms with E-state index in [-0.39, 0.29) is 5.41 Å². The predicted octanol–water partition coefficient (Wildman–Crippen LogP) is 3.55. The van der Waals surface area contributed by atoms with Gasteiger partial charge in [0.1, 0.15) is 5.75 Å². The van der Waals surface area contributed by atoms with E-state index in [2.05, 4.69) is 53.9 Å². The minimum atomic E-state index is 0.288. The Kier molecular flexibility index (Phi) is 5.47. The fourth-order valence-electron chi connectivity index (χ4n) is 1.95. The van der Waals surface area contributed by atoms with Gasteiger partial charge in [-0.05, 0) is 18.5 Å². The molecule has 0 aliphatic heterocycles. The number of alkyl halides is 1. The lowest BCUT2D eigenvalue weighted by atomic mass is 9.96. The predicted molar refractivity (Wildman–Crippen MR) is 76.9 cm³/mol. The van der Waals surface area contributed by atoms with Gasteiger partial charge in [-0.1, -0.05) is 48.0 Å². The minimum absolute atomic E-state index is 0.288. The van der Waals surface area contributed by atoms with Gasteiger partial charge in [0.15, 0.2) is 0 Å². The number of ether oxygens (including phenoxy) is 1. The lowest BCUT2D eigenvalue weighted by Gasteiger charge is -2.28. The molecule has 1 rings (SSSR count). The molecule has 1 aromatic rings. The Balaban J connectivity index is 2.65. The Bertz CT molecular complexity index is 352. The molecule has 0 N–H and O–H groups in total. The topological polar surface area (TPSA) is 12.5 Å². The number of halogens is 1. The van der Waals surface area contributed by atoms with Crippen LogP contribution in [0.5, 0.6) is 5.75 Å². The molecule has 0 aliphatic carbocycles. The fraction of sp³-hybridized carbons (Fsp3) is 0.571. The molecule has 0 spiro atoms. The van der Waals surface area contributed by atoms with E-state index >= 15 is 0 Å². The first-order chi connectivity index (χ1) is 7.98. The molecule has 96 valence electrons.